The van der Waals surface area contributed by atoms with Crippen molar-refractivity contribution in [1.82, 2.24) is 14.5 Å². The van der Waals surface area contributed by atoms with E-state index in [9.17, 15) is 30.8 Å². The van der Waals surface area contributed by atoms with Gasteiger partial charge in [0.2, 0.25) is 15.9 Å². The van der Waals surface area contributed by atoms with E-state index in [1.165, 1.54) is 16.4 Å². The molecule has 3 rings (SSSR count). The van der Waals surface area contributed by atoms with Crippen LogP contribution in [0, 0.1) is 5.82 Å². The summed E-state index contributed by atoms with van der Waals surface area (Å²) in [6.45, 7) is 2.48. The number of piperazine rings is 1. The van der Waals surface area contributed by atoms with Crippen LogP contribution in [-0.4, -0.2) is 79.5 Å². The van der Waals surface area contributed by atoms with Crippen LogP contribution in [0.1, 0.15) is 38.5 Å². The second-order valence-electron chi connectivity index (χ2n) is 8.08. The zero-order valence-electron chi connectivity index (χ0n) is 18.6. The Morgan fingerprint density at radius 3 is 2.00 bits per heavy atom. The van der Waals surface area contributed by atoms with Crippen LogP contribution in [-0.2, 0) is 19.6 Å². The van der Waals surface area contributed by atoms with Gasteiger partial charge in [0.1, 0.15) is 5.82 Å². The summed E-state index contributed by atoms with van der Waals surface area (Å²) in [6, 6.07) is 4.68. The van der Waals surface area contributed by atoms with Gasteiger partial charge in [-0.15, -0.1) is 0 Å². The van der Waals surface area contributed by atoms with Crippen molar-refractivity contribution in [3.8, 4) is 0 Å². The lowest BCUT2D eigenvalue weighted by molar-refractivity contribution is -0.192. The lowest BCUT2D eigenvalue weighted by Gasteiger charge is -2.33. The van der Waals surface area contributed by atoms with Gasteiger partial charge in [-0.3, -0.25) is 4.79 Å². The summed E-state index contributed by atoms with van der Waals surface area (Å²) < 4.78 is 73.0. The molecule has 0 aromatic heterocycles. The van der Waals surface area contributed by atoms with Crippen molar-refractivity contribution in [3.05, 3.63) is 30.1 Å². The quantitative estimate of drug-likeness (QED) is 0.465. The van der Waals surface area contributed by atoms with E-state index >= 15 is 0 Å². The van der Waals surface area contributed by atoms with Gasteiger partial charge in [-0.05, 0) is 37.1 Å². The summed E-state index contributed by atoms with van der Waals surface area (Å²) in [5.41, 5.74) is 0. The van der Waals surface area contributed by atoms with Crippen LogP contribution in [0.25, 0.3) is 0 Å². The molecule has 1 saturated heterocycles. The van der Waals surface area contributed by atoms with Gasteiger partial charge >= 0.3 is 12.1 Å². The van der Waals surface area contributed by atoms with Crippen molar-refractivity contribution < 1.29 is 40.7 Å². The van der Waals surface area contributed by atoms with Crippen LogP contribution in [0.5, 0.6) is 0 Å². The van der Waals surface area contributed by atoms with Gasteiger partial charge in [0.15, 0.2) is 0 Å². The van der Waals surface area contributed by atoms with E-state index in [0.717, 1.165) is 63.7 Å². The molecule has 13 heteroatoms. The molecule has 0 atom stereocenters. The molecule has 192 valence electrons. The number of sulfonamides is 1. The molecule has 0 unspecified atom stereocenters. The third-order valence-electron chi connectivity index (χ3n) is 5.66. The second kappa shape index (κ2) is 12.5. The summed E-state index contributed by atoms with van der Waals surface area (Å²) in [6.07, 6.45) is 0.535. The molecule has 1 saturated carbocycles. The highest BCUT2D eigenvalue weighted by atomic mass is 32.2. The smallest absolute Gasteiger partial charge is 0.475 e. The van der Waals surface area contributed by atoms with Crippen LogP contribution >= 0.6 is 0 Å². The summed E-state index contributed by atoms with van der Waals surface area (Å²) in [5, 5.41) is 10.3. The van der Waals surface area contributed by atoms with E-state index in [0.29, 0.717) is 13.1 Å². The predicted molar refractivity (Wildman–Crippen MR) is 115 cm³/mol. The maximum Gasteiger partial charge on any atom is 0.490 e. The molecule has 8 nitrogen and oxygen atoms in total. The fraction of sp³-hybridized carbons (Fsp3) is 0.619. The van der Waals surface area contributed by atoms with Crippen molar-refractivity contribution in [2.75, 3.05) is 32.7 Å². The molecule has 1 amide bonds. The monoisotopic (exact) mass is 511 g/mol. The molecule has 1 heterocycles. The van der Waals surface area contributed by atoms with E-state index in [1.54, 1.807) is 4.90 Å². The first-order valence-electron chi connectivity index (χ1n) is 11.0. The largest absolute Gasteiger partial charge is 0.490 e. The van der Waals surface area contributed by atoms with Gasteiger partial charge < -0.3 is 15.3 Å². The number of carbonyl (C=O) groups is 2. The Balaban J connectivity index is 0.000000509. The number of carbonyl (C=O) groups excluding carboxylic acids is 1. The molecule has 0 radical (unpaired) electrons. The first kappa shape index (κ1) is 28.0. The standard InChI is InChI=1S/C19H28FN3O3S.C2HF3O2/c20-16-7-9-18(10-8-16)27(25,26)23(17-5-3-1-2-4-6-17)15-19(24)22-13-11-21-12-14-22;3-2(4,5)1(6)7/h7-10,17,21H,1-6,11-15H2;(H,6,7). The number of nitrogens with zero attached hydrogens (tertiary/aromatic N) is 2. The lowest BCUT2D eigenvalue weighted by Crippen LogP contribution is -2.52. The van der Waals surface area contributed by atoms with Gasteiger partial charge in [-0.25, -0.2) is 17.6 Å². The zero-order valence-corrected chi connectivity index (χ0v) is 19.4. The van der Waals surface area contributed by atoms with E-state index < -0.39 is 28.0 Å². The molecule has 0 spiro atoms. The van der Waals surface area contributed by atoms with E-state index in [4.69, 9.17) is 9.90 Å². The molecule has 1 aromatic carbocycles. The van der Waals surface area contributed by atoms with Crippen molar-refractivity contribution in [3.63, 3.8) is 0 Å². The number of nitrogens with one attached hydrogen (secondary N) is 1. The molecule has 34 heavy (non-hydrogen) atoms. The van der Waals surface area contributed by atoms with Crippen molar-refractivity contribution >= 4 is 21.9 Å². The number of halogens is 4. The Bertz CT molecular complexity index is 911. The summed E-state index contributed by atoms with van der Waals surface area (Å²) in [5.74, 6) is -3.40. The Hall–Kier alpha value is -2.25. The Morgan fingerprint density at radius 2 is 1.53 bits per heavy atom. The average molecular weight is 512 g/mol. The predicted octanol–water partition coefficient (Wildman–Crippen LogP) is 2.60. The van der Waals surface area contributed by atoms with E-state index in [1.807, 2.05) is 0 Å². The average Bonchev–Trinajstić information content (AvgIpc) is 3.07. The van der Waals surface area contributed by atoms with Crippen molar-refractivity contribution in [2.45, 2.75) is 55.6 Å². The molecule has 1 aliphatic carbocycles. The number of carboxylic acid groups (broad SMARTS) is 1. The number of carboxylic acids is 1. The van der Waals surface area contributed by atoms with Crippen molar-refractivity contribution in [1.29, 1.82) is 0 Å². The maximum atomic E-state index is 13.3. The molecule has 1 aliphatic heterocycles. The van der Waals surface area contributed by atoms with E-state index in [2.05, 4.69) is 5.32 Å². The number of alkyl halides is 3. The molecule has 2 fully saturated rings. The molecular formula is C21H29F4N3O5S. The van der Waals surface area contributed by atoms with Gasteiger partial charge in [-0.2, -0.15) is 17.5 Å². The van der Waals surface area contributed by atoms with Crippen LogP contribution in [0.2, 0.25) is 0 Å². The minimum atomic E-state index is -5.08. The number of benzene rings is 1. The topological polar surface area (TPSA) is 107 Å². The second-order valence-corrected chi connectivity index (χ2v) is 9.97. The zero-order chi connectivity index (χ0) is 25.4. The van der Waals surface area contributed by atoms with Gasteiger partial charge in [0.05, 0.1) is 11.4 Å². The van der Waals surface area contributed by atoms with Gasteiger partial charge in [-0.1, -0.05) is 25.7 Å². The molecule has 1 aromatic rings. The van der Waals surface area contributed by atoms with Crippen LogP contribution in [0.15, 0.2) is 29.2 Å². The number of amides is 1. The van der Waals surface area contributed by atoms with E-state index in [-0.39, 0.29) is 23.4 Å². The molecular weight excluding hydrogens is 482 g/mol. The first-order chi connectivity index (χ1) is 15.9. The van der Waals surface area contributed by atoms with Gasteiger partial charge in [0, 0.05) is 32.2 Å². The Morgan fingerprint density at radius 1 is 1.03 bits per heavy atom. The Kier molecular flexibility index (Phi) is 10.3. The van der Waals surface area contributed by atoms with Crippen molar-refractivity contribution in [2.24, 2.45) is 0 Å². The highest BCUT2D eigenvalue weighted by Gasteiger charge is 2.38. The summed E-state index contributed by atoms with van der Waals surface area (Å²) in [4.78, 5) is 23.5. The minimum absolute atomic E-state index is 0.0428. The lowest BCUT2D eigenvalue weighted by atomic mass is 10.1. The molecule has 2 aliphatic rings. The summed E-state index contributed by atoms with van der Waals surface area (Å²) >= 11 is 0. The third-order valence-corrected chi connectivity index (χ3v) is 7.57. The maximum absolute atomic E-state index is 13.3. The van der Waals surface area contributed by atoms with Crippen LogP contribution in [0.4, 0.5) is 17.6 Å². The molecule has 2 N–H and O–H groups in total. The normalized spacial score (nSPS) is 18.1. The number of hydrogen-bond donors (Lipinski definition) is 2. The number of aliphatic carboxylic acids is 1. The number of hydrogen-bond acceptors (Lipinski definition) is 5. The minimum Gasteiger partial charge on any atom is -0.475 e. The van der Waals surface area contributed by atoms with Crippen LogP contribution < -0.4 is 5.32 Å². The summed E-state index contributed by atoms with van der Waals surface area (Å²) in [7, 11) is -3.86. The Labute approximate surface area is 196 Å². The van der Waals surface area contributed by atoms with Crippen LogP contribution in [0.3, 0.4) is 0 Å². The number of rotatable bonds is 5. The fourth-order valence-corrected chi connectivity index (χ4v) is 5.48. The SMILES string of the molecule is O=C(CN(C1CCCCCC1)S(=O)(=O)c1ccc(F)cc1)N1CCNCC1.O=C(O)C(F)(F)F. The molecule has 0 bridgehead atoms. The highest BCUT2D eigenvalue weighted by molar-refractivity contribution is 7.89. The first-order valence-corrected chi connectivity index (χ1v) is 12.4. The van der Waals surface area contributed by atoms with Gasteiger partial charge in [0.25, 0.3) is 0 Å². The highest BCUT2D eigenvalue weighted by Crippen LogP contribution is 2.27. The fourth-order valence-electron chi connectivity index (χ4n) is 3.85. The third kappa shape index (κ3) is 8.20.